The minimum atomic E-state index is 0.452. The van der Waals surface area contributed by atoms with Crippen LogP contribution in [0.1, 0.15) is 20.8 Å². The van der Waals surface area contributed by atoms with Crippen molar-refractivity contribution in [2.24, 2.45) is 10.1 Å². The first-order chi connectivity index (χ1) is 10.6. The lowest BCUT2D eigenvalue weighted by Gasteiger charge is -2.03. The summed E-state index contributed by atoms with van der Waals surface area (Å²) in [5.41, 5.74) is 6.30. The first-order valence-corrected chi connectivity index (χ1v) is 7.07. The Morgan fingerprint density at radius 2 is 1.59 bits per heavy atom. The molecular weight excluding hydrogens is 272 g/mol. The van der Waals surface area contributed by atoms with E-state index in [-0.39, 0.29) is 0 Å². The number of nitrogens with zero attached hydrogens (tertiary/aromatic N) is 2. The summed E-state index contributed by atoms with van der Waals surface area (Å²) < 4.78 is 0. The average molecular weight is 298 g/mol. The molecule has 2 N–H and O–H groups in total. The van der Waals surface area contributed by atoms with Crippen molar-refractivity contribution in [3.63, 3.8) is 0 Å². The van der Waals surface area contributed by atoms with Crippen LogP contribution in [0.25, 0.3) is 0 Å². The highest BCUT2D eigenvalue weighted by molar-refractivity contribution is 6.11. The fraction of sp³-hybridized carbons (Fsp3) is 0.222. The molecule has 0 aromatic heterocycles. The lowest BCUT2D eigenvalue weighted by molar-refractivity contribution is 0.849. The second-order valence-electron chi connectivity index (χ2n) is 4.23. The second kappa shape index (κ2) is 12.1. The minimum Gasteiger partial charge on any atom is -0.367 e. The molecule has 22 heavy (non-hydrogen) atoms. The molecule has 0 aliphatic carbocycles. The van der Waals surface area contributed by atoms with Crippen molar-refractivity contribution in [3.8, 4) is 0 Å². The Morgan fingerprint density at radius 1 is 0.955 bits per heavy atom. The fourth-order valence-corrected chi connectivity index (χ4v) is 1.24. The molecule has 0 aromatic carbocycles. The van der Waals surface area contributed by atoms with Crippen LogP contribution in [0, 0.1) is 0 Å². The fourth-order valence-electron chi connectivity index (χ4n) is 1.24. The maximum Gasteiger partial charge on any atom is 0.108 e. The zero-order chi connectivity index (χ0) is 16.8. The van der Waals surface area contributed by atoms with Gasteiger partial charge in [-0.2, -0.15) is 5.10 Å². The number of hydrogen-bond donors (Lipinski definition) is 2. The molecule has 0 saturated carbocycles. The van der Waals surface area contributed by atoms with Crippen molar-refractivity contribution < 1.29 is 0 Å². The van der Waals surface area contributed by atoms with E-state index in [4.69, 9.17) is 0 Å². The largest absolute Gasteiger partial charge is 0.367 e. The van der Waals surface area contributed by atoms with Crippen LogP contribution < -0.4 is 10.7 Å². The molecule has 0 aliphatic heterocycles. The molecule has 4 heteroatoms. The van der Waals surface area contributed by atoms with E-state index in [0.29, 0.717) is 12.4 Å². The van der Waals surface area contributed by atoms with E-state index in [0.717, 1.165) is 17.1 Å². The smallest absolute Gasteiger partial charge is 0.108 e. The summed E-state index contributed by atoms with van der Waals surface area (Å²) in [4.78, 5) is 4.39. The lowest BCUT2D eigenvalue weighted by Crippen LogP contribution is -2.12. The van der Waals surface area contributed by atoms with Gasteiger partial charge in [0.15, 0.2) is 0 Å². The Kier molecular flexibility index (Phi) is 10.7. The number of allylic oxidation sites excluding steroid dienone is 8. The van der Waals surface area contributed by atoms with Gasteiger partial charge in [-0.3, -0.25) is 10.4 Å². The molecule has 0 aliphatic rings. The Bertz CT molecular complexity index is 531. The van der Waals surface area contributed by atoms with Crippen molar-refractivity contribution in [1.29, 1.82) is 0 Å². The molecule has 0 unspecified atom stereocenters. The van der Waals surface area contributed by atoms with Crippen molar-refractivity contribution >= 4 is 11.4 Å². The topological polar surface area (TPSA) is 48.8 Å². The lowest BCUT2D eigenvalue weighted by atomic mass is 10.2. The van der Waals surface area contributed by atoms with E-state index in [1.807, 2.05) is 45.1 Å². The van der Waals surface area contributed by atoms with Gasteiger partial charge in [-0.1, -0.05) is 31.9 Å². The van der Waals surface area contributed by atoms with Gasteiger partial charge < -0.3 is 5.32 Å². The summed E-state index contributed by atoms with van der Waals surface area (Å²) in [5, 5.41) is 7.36. The van der Waals surface area contributed by atoms with Gasteiger partial charge in [0, 0.05) is 11.4 Å². The van der Waals surface area contributed by atoms with Crippen molar-refractivity contribution in [1.82, 2.24) is 10.7 Å². The van der Waals surface area contributed by atoms with Crippen LogP contribution in [-0.4, -0.2) is 18.1 Å². The molecule has 4 nitrogen and oxygen atoms in total. The number of nitrogens with one attached hydrogen (secondary N) is 2. The number of aliphatic imine (C=N–C) groups is 1. The number of hydrogen-bond acceptors (Lipinski definition) is 4. The first kappa shape index (κ1) is 19.4. The first-order valence-electron chi connectivity index (χ1n) is 7.07. The average Bonchev–Trinajstić information content (AvgIpc) is 2.56. The molecule has 0 bridgehead atoms. The Hall–Kier alpha value is -2.62. The summed E-state index contributed by atoms with van der Waals surface area (Å²) in [6.07, 6.45) is 12.6. The summed E-state index contributed by atoms with van der Waals surface area (Å²) in [6, 6.07) is 0. The summed E-state index contributed by atoms with van der Waals surface area (Å²) in [5.74, 6) is 0. The van der Waals surface area contributed by atoms with E-state index in [1.165, 1.54) is 0 Å². The second-order valence-corrected chi connectivity index (χ2v) is 4.23. The van der Waals surface area contributed by atoms with Gasteiger partial charge >= 0.3 is 0 Å². The van der Waals surface area contributed by atoms with Gasteiger partial charge in [0.1, 0.15) is 6.67 Å². The molecule has 0 heterocycles. The third-order valence-corrected chi connectivity index (χ3v) is 2.71. The van der Waals surface area contributed by atoms with Crippen LogP contribution in [0.15, 0.2) is 83.8 Å². The van der Waals surface area contributed by atoms with E-state index in [9.17, 15) is 0 Å². The van der Waals surface area contributed by atoms with Crippen LogP contribution in [0.4, 0.5) is 0 Å². The number of rotatable bonds is 10. The molecule has 0 saturated heterocycles. The molecule has 0 fully saturated rings. The van der Waals surface area contributed by atoms with Crippen LogP contribution in [0.2, 0.25) is 0 Å². The molecular formula is C18H26N4. The predicted molar refractivity (Wildman–Crippen MR) is 98.9 cm³/mol. The number of hydrazone groups is 1. The quantitative estimate of drug-likeness (QED) is 0.365. The van der Waals surface area contributed by atoms with E-state index in [2.05, 4.69) is 40.6 Å². The van der Waals surface area contributed by atoms with Gasteiger partial charge in [-0.15, -0.1) is 0 Å². The molecule has 0 aromatic rings. The van der Waals surface area contributed by atoms with Gasteiger partial charge in [0.2, 0.25) is 0 Å². The maximum atomic E-state index is 4.39. The highest BCUT2D eigenvalue weighted by Crippen LogP contribution is 1.92. The van der Waals surface area contributed by atoms with Crippen molar-refractivity contribution in [2.75, 3.05) is 6.67 Å². The van der Waals surface area contributed by atoms with Crippen molar-refractivity contribution in [2.45, 2.75) is 20.8 Å². The van der Waals surface area contributed by atoms with Crippen LogP contribution >= 0.6 is 0 Å². The third kappa shape index (κ3) is 8.53. The van der Waals surface area contributed by atoms with Gasteiger partial charge in [0.05, 0.1) is 11.4 Å². The van der Waals surface area contributed by atoms with Gasteiger partial charge in [-0.25, -0.2) is 0 Å². The normalized spacial score (nSPS) is 14.0. The van der Waals surface area contributed by atoms with Crippen LogP contribution in [-0.2, 0) is 0 Å². The Labute approximate surface area is 134 Å². The van der Waals surface area contributed by atoms with Crippen LogP contribution in [0.5, 0.6) is 0 Å². The van der Waals surface area contributed by atoms with Gasteiger partial charge in [0.25, 0.3) is 0 Å². The summed E-state index contributed by atoms with van der Waals surface area (Å²) in [6.45, 7) is 17.5. The predicted octanol–water partition coefficient (Wildman–Crippen LogP) is 3.86. The SMILES string of the molecule is C=CC(C=CC(C=C)=NN/C(C)=C/C)=NCN/C(C=C)=C/C. The van der Waals surface area contributed by atoms with E-state index < -0.39 is 0 Å². The Balaban J connectivity index is 4.78. The Morgan fingerprint density at radius 3 is 2.09 bits per heavy atom. The zero-order valence-corrected chi connectivity index (χ0v) is 13.8. The summed E-state index contributed by atoms with van der Waals surface area (Å²) in [7, 11) is 0. The highest BCUT2D eigenvalue weighted by atomic mass is 15.3. The molecule has 0 radical (unpaired) electrons. The van der Waals surface area contributed by atoms with E-state index in [1.54, 1.807) is 18.2 Å². The highest BCUT2D eigenvalue weighted by Gasteiger charge is 1.91. The monoisotopic (exact) mass is 298 g/mol. The standard InChI is InChI=1S/C18H26N4/c1-7-15(6)21-22-18(11-5)13-12-17(10-4)20-14-19-16(8-2)9-3/h7-13,19,21H,2,4-5,14H2,1,3,6H3/b13-12?,15-7+,16-9+,20-17?,22-18?. The molecule has 0 atom stereocenters. The van der Waals surface area contributed by atoms with Crippen LogP contribution in [0.3, 0.4) is 0 Å². The summed E-state index contributed by atoms with van der Waals surface area (Å²) >= 11 is 0. The molecule has 118 valence electrons. The van der Waals surface area contributed by atoms with Crippen molar-refractivity contribution in [3.05, 3.63) is 73.7 Å². The molecule has 0 spiro atoms. The van der Waals surface area contributed by atoms with Gasteiger partial charge in [-0.05, 0) is 51.2 Å². The third-order valence-electron chi connectivity index (χ3n) is 2.71. The van der Waals surface area contributed by atoms with E-state index >= 15 is 0 Å². The minimum absolute atomic E-state index is 0.452. The zero-order valence-electron chi connectivity index (χ0n) is 13.8. The molecule has 0 amide bonds. The maximum absolute atomic E-state index is 4.39. The molecule has 0 rings (SSSR count).